The second kappa shape index (κ2) is 5.77. The van der Waals surface area contributed by atoms with E-state index < -0.39 is 0 Å². The fourth-order valence-corrected chi connectivity index (χ4v) is 2.20. The molecule has 1 heterocycles. The molecule has 0 aliphatic heterocycles. The smallest absolute Gasteiger partial charge is 0.256 e. The topological polar surface area (TPSA) is 59.1 Å². The van der Waals surface area contributed by atoms with E-state index in [1.807, 2.05) is 36.4 Å². The van der Waals surface area contributed by atoms with Crippen molar-refractivity contribution in [1.29, 1.82) is 0 Å². The maximum Gasteiger partial charge on any atom is 0.256 e. The number of aromatic nitrogens is 1. The molecule has 3 aromatic rings. The fraction of sp³-hybridized carbons (Fsp3) is 0.0556. The van der Waals surface area contributed by atoms with Crippen molar-refractivity contribution >= 4 is 28.3 Å². The number of ketones is 1. The van der Waals surface area contributed by atoms with Crippen molar-refractivity contribution in [3.63, 3.8) is 0 Å². The number of nitrogens with one attached hydrogen (secondary N) is 1. The minimum Gasteiger partial charge on any atom is -0.307 e. The van der Waals surface area contributed by atoms with E-state index in [2.05, 4.69) is 10.3 Å². The number of nitrogens with zero attached hydrogens (tertiary/aromatic N) is 1. The summed E-state index contributed by atoms with van der Waals surface area (Å²) in [7, 11) is 0. The Balaban J connectivity index is 1.81. The lowest BCUT2D eigenvalue weighted by atomic mass is 10.1. The van der Waals surface area contributed by atoms with Gasteiger partial charge in [-0.1, -0.05) is 30.3 Å². The van der Waals surface area contributed by atoms with E-state index >= 15 is 0 Å². The maximum atomic E-state index is 12.3. The summed E-state index contributed by atoms with van der Waals surface area (Å²) in [5.74, 6) is 0.136. The van der Waals surface area contributed by atoms with Crippen LogP contribution >= 0.6 is 0 Å². The summed E-state index contributed by atoms with van der Waals surface area (Å²) < 4.78 is 0. The van der Waals surface area contributed by atoms with Gasteiger partial charge in [0.25, 0.3) is 5.91 Å². The predicted molar refractivity (Wildman–Crippen MR) is 86.1 cm³/mol. The average molecular weight is 290 g/mol. The molecule has 0 unspecified atom stereocenters. The summed E-state index contributed by atoms with van der Waals surface area (Å²) in [5, 5.41) is 4.82. The number of hydrogen-bond acceptors (Lipinski definition) is 3. The molecule has 0 atom stereocenters. The molecule has 0 bridgehead atoms. The third kappa shape index (κ3) is 2.86. The molecule has 1 amide bonds. The molecule has 0 spiro atoms. The molecule has 4 heteroatoms. The van der Waals surface area contributed by atoms with Crippen LogP contribution in [-0.4, -0.2) is 16.7 Å². The quantitative estimate of drug-likeness (QED) is 0.748. The number of carbonyl (C=O) groups excluding carboxylic acids is 2. The maximum absolute atomic E-state index is 12.3. The molecule has 4 nitrogen and oxygen atoms in total. The molecule has 0 saturated carbocycles. The molecule has 3 rings (SSSR count). The van der Waals surface area contributed by atoms with Crippen molar-refractivity contribution in [2.75, 3.05) is 5.32 Å². The Kier molecular flexibility index (Phi) is 3.66. The second-order valence-electron chi connectivity index (χ2n) is 5.00. The number of rotatable bonds is 3. The highest BCUT2D eigenvalue weighted by molar-refractivity contribution is 6.06. The molecule has 1 aromatic heterocycles. The average Bonchev–Trinajstić information content (AvgIpc) is 2.55. The zero-order valence-electron chi connectivity index (χ0n) is 12.0. The number of anilines is 1. The van der Waals surface area contributed by atoms with Crippen LogP contribution in [-0.2, 0) is 0 Å². The first-order valence-corrected chi connectivity index (χ1v) is 6.90. The van der Waals surface area contributed by atoms with Gasteiger partial charge in [-0.05, 0) is 42.0 Å². The van der Waals surface area contributed by atoms with Crippen molar-refractivity contribution in [2.45, 2.75) is 6.92 Å². The number of carbonyl (C=O) groups is 2. The molecule has 22 heavy (non-hydrogen) atoms. The van der Waals surface area contributed by atoms with Crippen molar-refractivity contribution in [2.24, 2.45) is 0 Å². The molecule has 0 aliphatic rings. The molecule has 0 aliphatic carbocycles. The lowest BCUT2D eigenvalue weighted by molar-refractivity contribution is 0.101. The molecule has 108 valence electrons. The third-order valence-electron chi connectivity index (χ3n) is 3.42. The van der Waals surface area contributed by atoms with Crippen LogP contribution in [0.25, 0.3) is 10.8 Å². The van der Waals surface area contributed by atoms with Gasteiger partial charge in [-0.15, -0.1) is 0 Å². The van der Waals surface area contributed by atoms with Crippen molar-refractivity contribution < 1.29 is 9.59 Å². The molecule has 0 saturated heterocycles. The molecule has 1 N–H and O–H groups in total. The van der Waals surface area contributed by atoms with Gasteiger partial charge >= 0.3 is 0 Å². The SMILES string of the molecule is CC(=O)c1ccc(NC(=O)c2ccc3ccccc3c2)nc1. The van der Waals surface area contributed by atoms with Crippen molar-refractivity contribution in [1.82, 2.24) is 4.98 Å². The van der Waals surface area contributed by atoms with Gasteiger partial charge in [0.2, 0.25) is 0 Å². The first-order chi connectivity index (χ1) is 10.6. The van der Waals surface area contributed by atoms with Gasteiger partial charge in [-0.3, -0.25) is 9.59 Å². The monoisotopic (exact) mass is 290 g/mol. The first-order valence-electron chi connectivity index (χ1n) is 6.90. The Labute approximate surface area is 127 Å². The highest BCUT2D eigenvalue weighted by Crippen LogP contribution is 2.16. The van der Waals surface area contributed by atoms with Gasteiger partial charge in [0, 0.05) is 17.3 Å². The minimum atomic E-state index is -0.228. The van der Waals surface area contributed by atoms with Crippen LogP contribution in [0.1, 0.15) is 27.6 Å². The van der Waals surface area contributed by atoms with Gasteiger partial charge < -0.3 is 5.32 Å². The van der Waals surface area contributed by atoms with Crippen LogP contribution in [0.5, 0.6) is 0 Å². The summed E-state index contributed by atoms with van der Waals surface area (Å²) in [5.41, 5.74) is 1.08. The Morgan fingerprint density at radius 3 is 2.32 bits per heavy atom. The van der Waals surface area contributed by atoms with Gasteiger partial charge in [0.1, 0.15) is 5.82 Å². The van der Waals surface area contributed by atoms with Gasteiger partial charge in [0.05, 0.1) is 0 Å². The lowest BCUT2D eigenvalue weighted by Crippen LogP contribution is -2.13. The first kappa shape index (κ1) is 13.9. The van der Waals surface area contributed by atoms with Gasteiger partial charge in [-0.2, -0.15) is 0 Å². The van der Waals surface area contributed by atoms with E-state index in [0.29, 0.717) is 16.9 Å². The van der Waals surface area contributed by atoms with Crippen molar-refractivity contribution in [3.8, 4) is 0 Å². The van der Waals surface area contributed by atoms with Crippen LogP contribution in [0.2, 0.25) is 0 Å². The summed E-state index contributed by atoms with van der Waals surface area (Å²) >= 11 is 0. The van der Waals surface area contributed by atoms with Gasteiger partial charge in [0.15, 0.2) is 5.78 Å². The highest BCUT2D eigenvalue weighted by atomic mass is 16.1. The van der Waals surface area contributed by atoms with E-state index in [-0.39, 0.29) is 11.7 Å². The van der Waals surface area contributed by atoms with Crippen LogP contribution in [0.15, 0.2) is 60.8 Å². The molecule has 2 aromatic carbocycles. The van der Waals surface area contributed by atoms with E-state index in [1.165, 1.54) is 13.1 Å². The van der Waals surface area contributed by atoms with E-state index in [1.54, 1.807) is 18.2 Å². The summed E-state index contributed by atoms with van der Waals surface area (Å²) in [6.45, 7) is 1.48. The Morgan fingerprint density at radius 1 is 0.909 bits per heavy atom. The van der Waals surface area contributed by atoms with Crippen molar-refractivity contribution in [3.05, 3.63) is 71.9 Å². The number of hydrogen-bond donors (Lipinski definition) is 1. The number of amides is 1. The third-order valence-corrected chi connectivity index (χ3v) is 3.42. The van der Waals surface area contributed by atoms with E-state index in [0.717, 1.165) is 10.8 Å². The lowest BCUT2D eigenvalue weighted by Gasteiger charge is -2.06. The number of pyridine rings is 1. The number of benzene rings is 2. The molecular formula is C18H14N2O2. The van der Waals surface area contributed by atoms with E-state index in [9.17, 15) is 9.59 Å². The fourth-order valence-electron chi connectivity index (χ4n) is 2.20. The molecule has 0 radical (unpaired) electrons. The predicted octanol–water partition coefficient (Wildman–Crippen LogP) is 3.69. The van der Waals surface area contributed by atoms with E-state index in [4.69, 9.17) is 0 Å². The Bertz CT molecular complexity index is 854. The normalized spacial score (nSPS) is 10.4. The van der Waals surface area contributed by atoms with Crippen LogP contribution < -0.4 is 5.32 Å². The van der Waals surface area contributed by atoms with Crippen LogP contribution in [0.4, 0.5) is 5.82 Å². The zero-order valence-corrected chi connectivity index (χ0v) is 12.0. The summed E-state index contributed by atoms with van der Waals surface area (Å²) in [4.78, 5) is 27.5. The highest BCUT2D eigenvalue weighted by Gasteiger charge is 2.08. The summed E-state index contributed by atoms with van der Waals surface area (Å²) in [6, 6.07) is 16.7. The molecule has 0 fully saturated rings. The minimum absolute atomic E-state index is 0.0556. The van der Waals surface area contributed by atoms with Crippen LogP contribution in [0, 0.1) is 0 Å². The molecular weight excluding hydrogens is 276 g/mol. The zero-order chi connectivity index (χ0) is 15.5. The number of fused-ring (bicyclic) bond motifs is 1. The number of Topliss-reactive ketones (excluding diaryl/α,β-unsaturated/α-hetero) is 1. The Morgan fingerprint density at radius 2 is 1.64 bits per heavy atom. The second-order valence-corrected chi connectivity index (χ2v) is 5.00. The Hall–Kier alpha value is -3.01. The standard InChI is InChI=1S/C18H14N2O2/c1-12(21)16-8-9-17(19-11-16)20-18(22)15-7-6-13-4-2-3-5-14(13)10-15/h2-11H,1H3,(H,19,20,22). The largest absolute Gasteiger partial charge is 0.307 e. The van der Waals surface area contributed by atoms with Gasteiger partial charge in [-0.25, -0.2) is 4.98 Å². The van der Waals surface area contributed by atoms with Crippen LogP contribution in [0.3, 0.4) is 0 Å². The summed E-state index contributed by atoms with van der Waals surface area (Å²) in [6.07, 6.45) is 1.46.